The van der Waals surface area contributed by atoms with Gasteiger partial charge in [0, 0.05) is 18.3 Å². The predicted molar refractivity (Wildman–Crippen MR) is 17.8 cm³/mol. The summed E-state index contributed by atoms with van der Waals surface area (Å²) in [6.45, 7) is 0. The van der Waals surface area contributed by atoms with Gasteiger partial charge in [0.15, 0.2) is 0 Å². The zero-order valence-corrected chi connectivity index (χ0v) is 3.87. The average Bonchev–Trinajstić information content (AvgIpc) is 1.36. The SMILES string of the molecule is CN(F)S(=O)[O-]. The van der Waals surface area contributed by atoms with Gasteiger partial charge in [-0.3, -0.25) is 4.21 Å². The van der Waals surface area contributed by atoms with Crippen molar-refractivity contribution in [2.45, 2.75) is 0 Å². The minimum Gasteiger partial charge on any atom is -0.758 e. The number of nitrogens with zero attached hydrogens (tertiary/aromatic N) is 1. The van der Waals surface area contributed by atoms with E-state index in [9.17, 15) is 13.2 Å². The van der Waals surface area contributed by atoms with Crippen LogP contribution in [0.4, 0.5) is 4.48 Å². The third kappa shape index (κ3) is 2.25. The summed E-state index contributed by atoms with van der Waals surface area (Å²) in [5.41, 5.74) is 0. The second kappa shape index (κ2) is 2.22. The van der Waals surface area contributed by atoms with Crippen LogP contribution in [0, 0.1) is 0 Å². The van der Waals surface area contributed by atoms with Crippen LogP contribution in [-0.2, 0) is 11.3 Å². The van der Waals surface area contributed by atoms with Gasteiger partial charge in [-0.2, -0.15) is 0 Å². The molecule has 0 aromatic carbocycles. The number of hydrogen-bond acceptors (Lipinski definition) is 2. The van der Waals surface area contributed by atoms with Crippen LogP contribution in [-0.4, -0.2) is 20.3 Å². The monoisotopic (exact) mass is 112 g/mol. The Hall–Kier alpha value is -0.0000000000000000486. The molecular weight excluding hydrogens is 109 g/mol. The third-order valence-corrected chi connectivity index (χ3v) is 0.616. The molecule has 0 fully saturated rings. The lowest BCUT2D eigenvalue weighted by Crippen LogP contribution is -2.08. The van der Waals surface area contributed by atoms with Crippen LogP contribution in [0.3, 0.4) is 0 Å². The smallest absolute Gasteiger partial charge is 0.0500 e. The molecule has 0 aliphatic heterocycles. The van der Waals surface area contributed by atoms with E-state index in [0.717, 1.165) is 7.05 Å². The lowest BCUT2D eigenvalue weighted by molar-refractivity contribution is 0.172. The molecule has 0 aliphatic rings. The molecule has 0 aromatic rings. The molecule has 0 aromatic heterocycles. The Labute approximate surface area is 37.1 Å². The van der Waals surface area contributed by atoms with Crippen molar-refractivity contribution < 1.29 is 13.2 Å². The molecule has 0 N–H and O–H groups in total. The van der Waals surface area contributed by atoms with Crippen molar-refractivity contribution in [3.05, 3.63) is 0 Å². The van der Waals surface area contributed by atoms with Gasteiger partial charge in [-0.15, -0.1) is 4.48 Å². The highest BCUT2D eigenvalue weighted by Gasteiger charge is 1.84. The first-order valence-corrected chi connectivity index (χ1v) is 2.16. The molecule has 6 heavy (non-hydrogen) atoms. The summed E-state index contributed by atoms with van der Waals surface area (Å²) in [5.74, 6) is 0. The van der Waals surface area contributed by atoms with Crippen LogP contribution < -0.4 is 0 Å². The molecule has 0 saturated carbocycles. The highest BCUT2D eigenvalue weighted by Crippen LogP contribution is 1.81. The minimum atomic E-state index is -2.70. The summed E-state index contributed by atoms with van der Waals surface area (Å²) in [5, 5.41) is 0. The molecule has 0 heterocycles. The molecule has 0 rings (SSSR count). The maximum Gasteiger partial charge on any atom is 0.0500 e. The van der Waals surface area contributed by atoms with Crippen molar-refractivity contribution in [3.63, 3.8) is 0 Å². The molecule has 0 spiro atoms. The van der Waals surface area contributed by atoms with Gasteiger partial charge in [0.1, 0.15) is 0 Å². The van der Waals surface area contributed by atoms with E-state index in [1.807, 2.05) is 0 Å². The highest BCUT2D eigenvalue weighted by molar-refractivity contribution is 7.76. The summed E-state index contributed by atoms with van der Waals surface area (Å²) in [6, 6.07) is 0. The summed E-state index contributed by atoms with van der Waals surface area (Å²) in [7, 11) is 0.795. The highest BCUT2D eigenvalue weighted by atomic mass is 32.2. The van der Waals surface area contributed by atoms with E-state index < -0.39 is 15.8 Å². The molecule has 0 bridgehead atoms. The van der Waals surface area contributed by atoms with Crippen LogP contribution in [0.5, 0.6) is 0 Å². The molecule has 0 aliphatic carbocycles. The van der Waals surface area contributed by atoms with Gasteiger partial charge in [0.25, 0.3) is 0 Å². The fourth-order valence-electron chi connectivity index (χ4n) is 0. The van der Waals surface area contributed by atoms with Gasteiger partial charge in [-0.25, -0.2) is 0 Å². The lowest BCUT2D eigenvalue weighted by atomic mass is 11.6. The van der Waals surface area contributed by atoms with E-state index >= 15 is 0 Å². The van der Waals surface area contributed by atoms with Crippen molar-refractivity contribution in [2.24, 2.45) is 0 Å². The first-order chi connectivity index (χ1) is 2.64. The number of halogens is 1. The Morgan fingerprint density at radius 1 is 2.00 bits per heavy atom. The van der Waals surface area contributed by atoms with Crippen molar-refractivity contribution in [3.8, 4) is 0 Å². The first kappa shape index (κ1) is 6.00. The average molecular weight is 112 g/mol. The zero-order valence-electron chi connectivity index (χ0n) is 3.05. The quantitative estimate of drug-likeness (QED) is 0.342. The molecule has 5 heteroatoms. The van der Waals surface area contributed by atoms with E-state index in [-0.39, 0.29) is 0 Å². The maximum absolute atomic E-state index is 11.0. The summed E-state index contributed by atoms with van der Waals surface area (Å²) in [6.07, 6.45) is 0. The zero-order chi connectivity index (χ0) is 5.15. The molecule has 0 amide bonds. The molecule has 1 unspecified atom stereocenters. The number of hydrogen-bond donors (Lipinski definition) is 0. The Kier molecular flexibility index (Phi) is 2.22. The third-order valence-electron chi connectivity index (χ3n) is 0.205. The van der Waals surface area contributed by atoms with Gasteiger partial charge in [-0.1, -0.05) is 4.53 Å². The van der Waals surface area contributed by atoms with Crippen LogP contribution in [0.15, 0.2) is 0 Å². The Balaban J connectivity index is 3.26. The maximum atomic E-state index is 11.0. The second-order valence-electron chi connectivity index (χ2n) is 0.638. The molecule has 0 saturated heterocycles. The largest absolute Gasteiger partial charge is 0.758 e. The first-order valence-electron chi connectivity index (χ1n) is 1.13. The van der Waals surface area contributed by atoms with E-state index in [2.05, 4.69) is 0 Å². The van der Waals surface area contributed by atoms with E-state index in [0.29, 0.717) is 0 Å². The van der Waals surface area contributed by atoms with Crippen LogP contribution in [0.1, 0.15) is 0 Å². The van der Waals surface area contributed by atoms with Crippen molar-refractivity contribution in [1.29, 1.82) is 0 Å². The second-order valence-corrected chi connectivity index (χ2v) is 1.58. The summed E-state index contributed by atoms with van der Waals surface area (Å²) in [4.78, 5) is 0. The molecule has 0 radical (unpaired) electrons. The van der Waals surface area contributed by atoms with Gasteiger partial charge < -0.3 is 4.55 Å². The number of rotatable bonds is 1. The van der Waals surface area contributed by atoms with Gasteiger partial charge in [0.2, 0.25) is 0 Å². The Bertz CT molecular complexity index is 64.6. The predicted octanol–water partition coefficient (Wildman–Crippen LogP) is -0.403. The van der Waals surface area contributed by atoms with Crippen molar-refractivity contribution in [1.82, 2.24) is 4.53 Å². The van der Waals surface area contributed by atoms with Crippen LogP contribution >= 0.6 is 0 Å². The van der Waals surface area contributed by atoms with E-state index in [1.165, 1.54) is 0 Å². The fourth-order valence-corrected chi connectivity index (χ4v) is 0. The van der Waals surface area contributed by atoms with Gasteiger partial charge in [-0.05, 0) is 0 Å². The minimum absolute atomic E-state index is 0.417. The van der Waals surface area contributed by atoms with E-state index in [1.54, 1.807) is 0 Å². The molecule has 3 nitrogen and oxygen atoms in total. The van der Waals surface area contributed by atoms with Crippen LogP contribution in [0.25, 0.3) is 0 Å². The molecule has 1 atom stereocenters. The van der Waals surface area contributed by atoms with E-state index in [4.69, 9.17) is 0 Å². The van der Waals surface area contributed by atoms with Gasteiger partial charge in [0.05, 0.1) is 0 Å². The summed E-state index contributed by atoms with van der Waals surface area (Å²) >= 11 is -2.70. The molecule has 38 valence electrons. The van der Waals surface area contributed by atoms with Crippen molar-refractivity contribution in [2.75, 3.05) is 7.05 Å². The van der Waals surface area contributed by atoms with Crippen LogP contribution in [0.2, 0.25) is 0 Å². The fraction of sp³-hybridized carbons (Fsp3) is 1.00. The van der Waals surface area contributed by atoms with Crippen molar-refractivity contribution >= 4 is 11.3 Å². The standard InChI is InChI=1S/CH4FNO2S/c1-3(2)6(4)5/h1H3,(H,4,5)/p-1. The Morgan fingerprint density at radius 2 is 2.17 bits per heavy atom. The molecular formula is CH3FNO2S-. The Morgan fingerprint density at radius 3 is 2.17 bits per heavy atom. The van der Waals surface area contributed by atoms with Gasteiger partial charge >= 0.3 is 0 Å². The normalized spacial score (nSPS) is 15.3. The summed E-state index contributed by atoms with van der Waals surface area (Å²) < 4.78 is 29.1. The lowest BCUT2D eigenvalue weighted by Gasteiger charge is -2.04. The topological polar surface area (TPSA) is 43.4 Å².